The predicted molar refractivity (Wildman–Crippen MR) is 110 cm³/mol. The number of anilines is 1. The molecule has 0 radical (unpaired) electrons. The second kappa shape index (κ2) is 8.27. The first kappa shape index (κ1) is 18.3. The van der Waals surface area contributed by atoms with Crippen LogP contribution in [0.15, 0.2) is 52.9 Å². The van der Waals surface area contributed by atoms with E-state index in [4.69, 9.17) is 0 Å². The normalized spacial score (nSPS) is 14.7. The zero-order chi connectivity index (χ0) is 18.6. The number of carbonyl (C=O) groups is 1. The van der Waals surface area contributed by atoms with Gasteiger partial charge in [0.2, 0.25) is 5.91 Å². The smallest absolute Gasteiger partial charge is 0.223 e. The summed E-state index contributed by atoms with van der Waals surface area (Å²) in [5, 5.41) is 0. The lowest BCUT2D eigenvalue weighted by atomic mass is 10.2. The molecule has 1 aliphatic heterocycles. The average Bonchev–Trinajstić information content (AvgIpc) is 3.11. The van der Waals surface area contributed by atoms with E-state index in [1.807, 2.05) is 23.1 Å². The molecule has 0 unspecified atom stereocenters. The summed E-state index contributed by atoms with van der Waals surface area (Å²) in [5.74, 6) is 0.720. The van der Waals surface area contributed by atoms with Crippen molar-refractivity contribution in [1.29, 1.82) is 0 Å². The molecule has 140 valence electrons. The molecule has 0 saturated carbocycles. The molecule has 27 heavy (non-hydrogen) atoms. The van der Waals surface area contributed by atoms with Gasteiger partial charge in [0, 0.05) is 44.0 Å². The zero-order valence-electron chi connectivity index (χ0n) is 14.8. The molecule has 4 rings (SSSR count). The van der Waals surface area contributed by atoms with E-state index in [9.17, 15) is 9.18 Å². The molecule has 2 heterocycles. The minimum atomic E-state index is -0.224. The maximum atomic E-state index is 13.0. The third-order valence-corrected chi connectivity index (χ3v) is 6.82. The van der Waals surface area contributed by atoms with Crippen molar-refractivity contribution in [1.82, 2.24) is 9.88 Å². The van der Waals surface area contributed by atoms with Crippen LogP contribution in [0.4, 0.5) is 10.1 Å². The Morgan fingerprint density at radius 2 is 1.81 bits per heavy atom. The Labute approximate surface area is 166 Å². The fourth-order valence-electron chi connectivity index (χ4n) is 3.16. The van der Waals surface area contributed by atoms with Crippen molar-refractivity contribution < 1.29 is 9.18 Å². The van der Waals surface area contributed by atoms with E-state index < -0.39 is 0 Å². The van der Waals surface area contributed by atoms with Crippen LogP contribution >= 0.6 is 23.1 Å². The SMILES string of the molecule is O=C(CCSc1nc2ccccc2s1)N1CCN(c2ccc(F)cc2)CC1. The minimum absolute atomic E-state index is 0.197. The Hall–Kier alpha value is -2.12. The van der Waals surface area contributed by atoms with Crippen molar-refractivity contribution in [2.24, 2.45) is 0 Å². The minimum Gasteiger partial charge on any atom is -0.368 e. The van der Waals surface area contributed by atoms with E-state index in [-0.39, 0.29) is 11.7 Å². The van der Waals surface area contributed by atoms with Crippen molar-refractivity contribution in [2.45, 2.75) is 10.8 Å². The number of hydrogen-bond donors (Lipinski definition) is 0. The summed E-state index contributed by atoms with van der Waals surface area (Å²) in [7, 11) is 0. The van der Waals surface area contributed by atoms with Crippen LogP contribution in [0.5, 0.6) is 0 Å². The molecule has 0 spiro atoms. The lowest BCUT2D eigenvalue weighted by molar-refractivity contribution is -0.131. The number of nitrogens with zero attached hydrogens (tertiary/aromatic N) is 3. The van der Waals surface area contributed by atoms with Gasteiger partial charge < -0.3 is 9.80 Å². The lowest BCUT2D eigenvalue weighted by Crippen LogP contribution is -2.48. The molecular weight excluding hydrogens is 381 g/mol. The molecule has 3 aromatic rings. The molecule has 1 fully saturated rings. The molecule has 0 N–H and O–H groups in total. The molecule has 0 bridgehead atoms. The third-order valence-electron chi connectivity index (χ3n) is 4.64. The molecule has 1 aliphatic rings. The molecular formula is C20H20FN3OS2. The number of para-hydroxylation sites is 1. The monoisotopic (exact) mass is 401 g/mol. The van der Waals surface area contributed by atoms with Gasteiger partial charge in [0.1, 0.15) is 5.82 Å². The van der Waals surface area contributed by atoms with E-state index in [0.717, 1.165) is 34.4 Å². The molecule has 0 aliphatic carbocycles. The first-order valence-corrected chi connectivity index (χ1v) is 10.8. The first-order chi connectivity index (χ1) is 13.2. The van der Waals surface area contributed by atoms with Crippen molar-refractivity contribution in [3.63, 3.8) is 0 Å². The van der Waals surface area contributed by atoms with Gasteiger partial charge in [0.25, 0.3) is 0 Å². The van der Waals surface area contributed by atoms with E-state index in [1.54, 1.807) is 35.2 Å². The van der Waals surface area contributed by atoms with Crippen LogP contribution in [0.25, 0.3) is 10.2 Å². The zero-order valence-corrected chi connectivity index (χ0v) is 16.4. The van der Waals surface area contributed by atoms with Gasteiger partial charge in [-0.3, -0.25) is 4.79 Å². The summed E-state index contributed by atoms with van der Waals surface area (Å²) >= 11 is 3.33. The van der Waals surface area contributed by atoms with Gasteiger partial charge in [-0.25, -0.2) is 9.37 Å². The molecule has 1 saturated heterocycles. The summed E-state index contributed by atoms with van der Waals surface area (Å²) in [6.45, 7) is 2.98. The Balaban J connectivity index is 1.24. The van der Waals surface area contributed by atoms with Gasteiger partial charge in [0.05, 0.1) is 10.2 Å². The number of thioether (sulfide) groups is 1. The highest BCUT2D eigenvalue weighted by Crippen LogP contribution is 2.29. The van der Waals surface area contributed by atoms with Gasteiger partial charge in [-0.15, -0.1) is 11.3 Å². The van der Waals surface area contributed by atoms with E-state index >= 15 is 0 Å². The van der Waals surface area contributed by atoms with Crippen LogP contribution in [0, 0.1) is 5.82 Å². The summed E-state index contributed by atoms with van der Waals surface area (Å²) in [4.78, 5) is 21.2. The number of halogens is 1. The highest BCUT2D eigenvalue weighted by Gasteiger charge is 2.21. The molecule has 1 amide bonds. The van der Waals surface area contributed by atoms with Gasteiger partial charge in [-0.05, 0) is 36.4 Å². The lowest BCUT2D eigenvalue weighted by Gasteiger charge is -2.36. The predicted octanol–water partition coefficient (Wildman–Crippen LogP) is 4.27. The van der Waals surface area contributed by atoms with Crippen LogP contribution in [0.1, 0.15) is 6.42 Å². The standard InChI is InChI=1S/C20H20FN3OS2/c21-15-5-7-16(8-6-15)23-10-12-24(13-11-23)19(25)9-14-26-20-22-17-3-1-2-4-18(17)27-20/h1-8H,9-14H2. The number of hydrogen-bond acceptors (Lipinski definition) is 5. The number of piperazine rings is 1. The van der Waals surface area contributed by atoms with Crippen LogP contribution < -0.4 is 4.90 Å². The summed E-state index contributed by atoms with van der Waals surface area (Å²) in [6.07, 6.45) is 0.525. The topological polar surface area (TPSA) is 36.4 Å². The van der Waals surface area contributed by atoms with Crippen molar-refractivity contribution in [3.05, 3.63) is 54.3 Å². The second-order valence-electron chi connectivity index (χ2n) is 6.39. The number of aromatic nitrogens is 1. The van der Waals surface area contributed by atoms with Crippen LogP contribution in [-0.4, -0.2) is 47.7 Å². The second-order valence-corrected chi connectivity index (χ2v) is 8.76. The fraction of sp³-hybridized carbons (Fsp3) is 0.300. The maximum Gasteiger partial charge on any atom is 0.223 e. The van der Waals surface area contributed by atoms with E-state index in [1.165, 1.54) is 16.8 Å². The first-order valence-electron chi connectivity index (χ1n) is 8.96. The number of carbonyl (C=O) groups excluding carboxylic acids is 1. The molecule has 1 aromatic heterocycles. The maximum absolute atomic E-state index is 13.0. The van der Waals surface area contributed by atoms with Crippen LogP contribution in [0.3, 0.4) is 0 Å². The van der Waals surface area contributed by atoms with E-state index in [2.05, 4.69) is 16.0 Å². The van der Waals surface area contributed by atoms with E-state index in [0.29, 0.717) is 19.5 Å². The Bertz CT molecular complexity index is 887. The highest BCUT2D eigenvalue weighted by atomic mass is 32.2. The average molecular weight is 402 g/mol. The molecule has 4 nitrogen and oxygen atoms in total. The van der Waals surface area contributed by atoms with Crippen LogP contribution in [-0.2, 0) is 4.79 Å². The fourth-order valence-corrected chi connectivity index (χ4v) is 5.23. The highest BCUT2D eigenvalue weighted by molar-refractivity contribution is 8.01. The van der Waals surface area contributed by atoms with Gasteiger partial charge in [-0.2, -0.15) is 0 Å². The molecule has 2 aromatic carbocycles. The van der Waals surface area contributed by atoms with Crippen molar-refractivity contribution >= 4 is 44.9 Å². The largest absolute Gasteiger partial charge is 0.368 e. The number of fused-ring (bicyclic) bond motifs is 1. The summed E-state index contributed by atoms with van der Waals surface area (Å²) in [6, 6.07) is 14.6. The van der Waals surface area contributed by atoms with Gasteiger partial charge >= 0.3 is 0 Å². The number of benzene rings is 2. The van der Waals surface area contributed by atoms with Gasteiger partial charge in [-0.1, -0.05) is 23.9 Å². The summed E-state index contributed by atoms with van der Waals surface area (Å²) < 4.78 is 15.2. The summed E-state index contributed by atoms with van der Waals surface area (Å²) in [5.41, 5.74) is 2.03. The Kier molecular flexibility index (Phi) is 5.59. The number of amides is 1. The molecule has 7 heteroatoms. The number of thiazole rings is 1. The van der Waals surface area contributed by atoms with Crippen LogP contribution in [0.2, 0.25) is 0 Å². The van der Waals surface area contributed by atoms with Crippen molar-refractivity contribution in [2.75, 3.05) is 36.8 Å². The Morgan fingerprint density at radius 1 is 1.07 bits per heavy atom. The Morgan fingerprint density at radius 3 is 2.56 bits per heavy atom. The quantitative estimate of drug-likeness (QED) is 0.599. The van der Waals surface area contributed by atoms with Gasteiger partial charge in [0.15, 0.2) is 4.34 Å². The third kappa shape index (κ3) is 4.42. The van der Waals surface area contributed by atoms with Crippen molar-refractivity contribution in [3.8, 4) is 0 Å². The number of rotatable bonds is 5. The molecule has 0 atom stereocenters.